The molecule has 0 aliphatic heterocycles. The number of ether oxygens (including phenoxy) is 1. The van der Waals surface area contributed by atoms with Crippen LogP contribution in [0.25, 0.3) is 0 Å². The van der Waals surface area contributed by atoms with E-state index in [-0.39, 0.29) is 5.56 Å². The Hall–Kier alpha value is -1.85. The average molecular weight is 260 g/mol. The van der Waals surface area contributed by atoms with Crippen molar-refractivity contribution in [1.82, 2.24) is 0 Å². The molecule has 0 fully saturated rings. The molecule has 0 aliphatic carbocycles. The Morgan fingerprint density at radius 2 is 1.61 bits per heavy atom. The lowest BCUT2D eigenvalue weighted by atomic mass is 10.0. The van der Waals surface area contributed by atoms with Gasteiger partial charge in [-0.2, -0.15) is 13.2 Å². The predicted molar refractivity (Wildman–Crippen MR) is 56.6 cm³/mol. The SMILES string of the molecule is CC(=O)OC(C(C)=O)c1ccc(C(F)(F)F)cc1. The molecule has 18 heavy (non-hydrogen) atoms. The van der Waals surface area contributed by atoms with Crippen molar-refractivity contribution in [3.8, 4) is 0 Å². The third kappa shape index (κ3) is 3.58. The Morgan fingerprint density at radius 1 is 1.11 bits per heavy atom. The largest absolute Gasteiger partial charge is 0.450 e. The minimum absolute atomic E-state index is 0.214. The molecule has 1 aromatic carbocycles. The highest BCUT2D eigenvalue weighted by atomic mass is 19.4. The summed E-state index contributed by atoms with van der Waals surface area (Å²) in [6.07, 6.45) is -5.60. The maximum atomic E-state index is 12.3. The van der Waals surface area contributed by atoms with E-state index in [0.717, 1.165) is 31.2 Å². The fraction of sp³-hybridized carbons (Fsp3) is 0.333. The second-order valence-electron chi connectivity index (χ2n) is 3.72. The fourth-order valence-electron chi connectivity index (χ4n) is 1.40. The maximum absolute atomic E-state index is 12.3. The molecule has 1 aromatic rings. The number of halogens is 3. The van der Waals surface area contributed by atoms with Gasteiger partial charge in [-0.1, -0.05) is 12.1 Å². The lowest BCUT2D eigenvalue weighted by molar-refractivity contribution is -0.152. The summed E-state index contributed by atoms with van der Waals surface area (Å²) < 4.78 is 41.8. The summed E-state index contributed by atoms with van der Waals surface area (Å²) in [4.78, 5) is 22.1. The molecule has 0 radical (unpaired) electrons. The molecule has 0 saturated heterocycles. The first-order chi connectivity index (χ1) is 8.21. The highest BCUT2D eigenvalue weighted by Crippen LogP contribution is 2.30. The van der Waals surface area contributed by atoms with E-state index >= 15 is 0 Å². The number of esters is 1. The van der Waals surface area contributed by atoms with Gasteiger partial charge in [-0.25, -0.2) is 0 Å². The topological polar surface area (TPSA) is 43.4 Å². The molecule has 0 aromatic heterocycles. The number of carbonyl (C=O) groups is 2. The molecule has 0 saturated carbocycles. The van der Waals surface area contributed by atoms with Crippen LogP contribution < -0.4 is 0 Å². The van der Waals surface area contributed by atoms with Crippen LogP contribution in [0.1, 0.15) is 31.1 Å². The molecule has 0 heterocycles. The number of alkyl halides is 3. The van der Waals surface area contributed by atoms with E-state index in [9.17, 15) is 22.8 Å². The summed E-state index contributed by atoms with van der Waals surface area (Å²) in [7, 11) is 0. The second-order valence-corrected chi connectivity index (χ2v) is 3.72. The van der Waals surface area contributed by atoms with Gasteiger partial charge < -0.3 is 4.74 Å². The molecule has 0 spiro atoms. The van der Waals surface area contributed by atoms with Crippen LogP contribution in [0.15, 0.2) is 24.3 Å². The van der Waals surface area contributed by atoms with Gasteiger partial charge in [0.15, 0.2) is 11.9 Å². The maximum Gasteiger partial charge on any atom is 0.416 e. The first kappa shape index (κ1) is 14.2. The number of hydrogen-bond acceptors (Lipinski definition) is 3. The van der Waals surface area contributed by atoms with E-state index in [0.29, 0.717) is 0 Å². The van der Waals surface area contributed by atoms with Gasteiger partial charge in [-0.3, -0.25) is 9.59 Å². The number of ketones is 1. The van der Waals surface area contributed by atoms with Crippen LogP contribution in [0, 0.1) is 0 Å². The average Bonchev–Trinajstić information content (AvgIpc) is 2.24. The summed E-state index contributed by atoms with van der Waals surface area (Å²) in [6.45, 7) is 2.32. The number of hydrogen-bond donors (Lipinski definition) is 0. The highest BCUT2D eigenvalue weighted by Gasteiger charge is 2.30. The number of carbonyl (C=O) groups excluding carboxylic acids is 2. The van der Waals surface area contributed by atoms with Crippen LogP contribution in [-0.4, -0.2) is 11.8 Å². The zero-order chi connectivity index (χ0) is 13.9. The number of benzene rings is 1. The van der Waals surface area contributed by atoms with Crippen LogP contribution in [0.5, 0.6) is 0 Å². The lowest BCUT2D eigenvalue weighted by Crippen LogP contribution is -2.16. The summed E-state index contributed by atoms with van der Waals surface area (Å²) in [5, 5.41) is 0. The predicted octanol–water partition coefficient (Wildman–Crippen LogP) is 2.90. The van der Waals surface area contributed by atoms with Crippen molar-refractivity contribution < 1.29 is 27.5 Å². The van der Waals surface area contributed by atoms with Gasteiger partial charge >= 0.3 is 12.1 Å². The van der Waals surface area contributed by atoms with E-state index in [2.05, 4.69) is 0 Å². The summed E-state index contributed by atoms with van der Waals surface area (Å²) in [5.74, 6) is -1.12. The normalized spacial score (nSPS) is 12.9. The third-order valence-corrected chi connectivity index (χ3v) is 2.19. The van der Waals surface area contributed by atoms with Crippen LogP contribution in [0.2, 0.25) is 0 Å². The molecule has 1 atom stereocenters. The first-order valence-corrected chi connectivity index (χ1v) is 5.06. The van der Waals surface area contributed by atoms with Gasteiger partial charge in [-0.15, -0.1) is 0 Å². The molecule has 6 heteroatoms. The molecular weight excluding hydrogens is 249 g/mol. The van der Waals surface area contributed by atoms with Gasteiger partial charge in [0.2, 0.25) is 0 Å². The van der Waals surface area contributed by atoms with Crippen LogP contribution in [-0.2, 0) is 20.5 Å². The van der Waals surface area contributed by atoms with Crippen LogP contribution >= 0.6 is 0 Å². The van der Waals surface area contributed by atoms with E-state index in [1.54, 1.807) is 0 Å². The quantitative estimate of drug-likeness (QED) is 0.785. The minimum atomic E-state index is -4.44. The van der Waals surface area contributed by atoms with Crippen molar-refractivity contribution in [2.75, 3.05) is 0 Å². The number of rotatable bonds is 3. The fourth-order valence-corrected chi connectivity index (χ4v) is 1.40. The minimum Gasteiger partial charge on any atom is -0.450 e. The molecule has 98 valence electrons. The van der Waals surface area contributed by atoms with E-state index in [1.165, 1.54) is 6.92 Å². The van der Waals surface area contributed by atoms with Gasteiger partial charge in [0, 0.05) is 6.92 Å². The molecule has 1 rings (SSSR count). The lowest BCUT2D eigenvalue weighted by Gasteiger charge is -2.15. The van der Waals surface area contributed by atoms with Crippen LogP contribution in [0.4, 0.5) is 13.2 Å². The Balaban J connectivity index is 3.01. The second kappa shape index (κ2) is 5.20. The first-order valence-electron chi connectivity index (χ1n) is 5.06. The number of Topliss-reactive ketones (excluding diaryl/α,β-unsaturated/α-hetero) is 1. The van der Waals surface area contributed by atoms with E-state index in [1.807, 2.05) is 0 Å². The highest BCUT2D eigenvalue weighted by molar-refractivity contribution is 5.84. The molecule has 1 unspecified atom stereocenters. The zero-order valence-electron chi connectivity index (χ0n) is 9.75. The summed E-state index contributed by atoms with van der Waals surface area (Å²) in [6, 6.07) is 3.93. The Kier molecular flexibility index (Phi) is 4.11. The van der Waals surface area contributed by atoms with Gasteiger partial charge in [0.25, 0.3) is 0 Å². The van der Waals surface area contributed by atoms with Crippen molar-refractivity contribution in [2.24, 2.45) is 0 Å². The van der Waals surface area contributed by atoms with Gasteiger partial charge in [0.1, 0.15) is 0 Å². The monoisotopic (exact) mass is 260 g/mol. The van der Waals surface area contributed by atoms with E-state index in [4.69, 9.17) is 4.74 Å². The van der Waals surface area contributed by atoms with E-state index < -0.39 is 29.6 Å². The summed E-state index contributed by atoms with van der Waals surface area (Å²) >= 11 is 0. The van der Waals surface area contributed by atoms with Crippen molar-refractivity contribution in [1.29, 1.82) is 0 Å². The molecular formula is C12H11F3O3. The molecule has 0 N–H and O–H groups in total. The van der Waals surface area contributed by atoms with Crippen molar-refractivity contribution in [3.05, 3.63) is 35.4 Å². The third-order valence-electron chi connectivity index (χ3n) is 2.19. The standard InChI is InChI=1S/C12H11F3O3/c1-7(16)11(18-8(2)17)9-3-5-10(6-4-9)12(13,14)15/h3-6,11H,1-2H3. The molecule has 0 amide bonds. The molecule has 0 bridgehead atoms. The van der Waals surface area contributed by atoms with Crippen LogP contribution in [0.3, 0.4) is 0 Å². The van der Waals surface area contributed by atoms with Gasteiger partial charge in [-0.05, 0) is 24.6 Å². The zero-order valence-corrected chi connectivity index (χ0v) is 9.75. The van der Waals surface area contributed by atoms with Crippen molar-refractivity contribution in [2.45, 2.75) is 26.1 Å². The van der Waals surface area contributed by atoms with Gasteiger partial charge in [0.05, 0.1) is 5.56 Å². The van der Waals surface area contributed by atoms with Crippen molar-refractivity contribution >= 4 is 11.8 Å². The Morgan fingerprint density at radius 3 is 1.94 bits per heavy atom. The molecule has 0 aliphatic rings. The summed E-state index contributed by atoms with van der Waals surface area (Å²) in [5.41, 5.74) is -0.609. The van der Waals surface area contributed by atoms with Crippen molar-refractivity contribution in [3.63, 3.8) is 0 Å². The Bertz CT molecular complexity index is 449. The molecule has 3 nitrogen and oxygen atoms in total. The Labute approximate surface area is 102 Å². The smallest absolute Gasteiger partial charge is 0.416 e.